The summed E-state index contributed by atoms with van der Waals surface area (Å²) in [6.07, 6.45) is 1.73. The van der Waals surface area contributed by atoms with E-state index in [4.69, 9.17) is 17.3 Å². The van der Waals surface area contributed by atoms with Crippen LogP contribution in [0.3, 0.4) is 0 Å². The quantitative estimate of drug-likeness (QED) is 0.786. The van der Waals surface area contributed by atoms with Crippen LogP contribution in [0.25, 0.3) is 21.7 Å². The van der Waals surface area contributed by atoms with Crippen molar-refractivity contribution in [2.24, 2.45) is 5.73 Å². The SMILES string of the molecule is NC(=O)c1cc(Cl)sc1-c1ccc(-c2ccccc2)nc1. The molecule has 104 valence electrons. The molecule has 3 nitrogen and oxygen atoms in total. The maximum atomic E-state index is 11.4. The minimum absolute atomic E-state index is 0.430. The molecule has 0 saturated carbocycles. The number of carbonyl (C=O) groups excluding carboxylic acids is 1. The fourth-order valence-corrected chi connectivity index (χ4v) is 3.29. The molecule has 1 amide bonds. The predicted molar refractivity (Wildman–Crippen MR) is 86.5 cm³/mol. The van der Waals surface area contributed by atoms with E-state index in [1.165, 1.54) is 11.3 Å². The number of halogens is 1. The Balaban J connectivity index is 2.00. The van der Waals surface area contributed by atoms with Crippen molar-refractivity contribution in [3.8, 4) is 21.7 Å². The lowest BCUT2D eigenvalue weighted by Gasteiger charge is -2.03. The van der Waals surface area contributed by atoms with E-state index in [-0.39, 0.29) is 0 Å². The molecule has 0 saturated heterocycles. The molecule has 0 aliphatic rings. The monoisotopic (exact) mass is 314 g/mol. The van der Waals surface area contributed by atoms with Crippen molar-refractivity contribution < 1.29 is 4.79 Å². The van der Waals surface area contributed by atoms with Gasteiger partial charge in [-0.3, -0.25) is 9.78 Å². The number of nitrogens with two attached hydrogens (primary N) is 1. The predicted octanol–water partition coefficient (Wildman–Crippen LogP) is 4.23. The van der Waals surface area contributed by atoms with Crippen LogP contribution in [0, 0.1) is 0 Å². The second-order valence-corrected chi connectivity index (χ2v) is 6.14. The Morgan fingerprint density at radius 1 is 1.10 bits per heavy atom. The number of hydrogen-bond acceptors (Lipinski definition) is 3. The lowest BCUT2D eigenvalue weighted by Crippen LogP contribution is -2.10. The van der Waals surface area contributed by atoms with Crippen LogP contribution < -0.4 is 5.73 Å². The van der Waals surface area contributed by atoms with Crippen molar-refractivity contribution in [2.45, 2.75) is 0 Å². The molecular weight excluding hydrogens is 304 g/mol. The third-order valence-electron chi connectivity index (χ3n) is 3.06. The van der Waals surface area contributed by atoms with E-state index in [0.29, 0.717) is 9.90 Å². The molecule has 0 fully saturated rings. The first-order valence-corrected chi connectivity index (χ1v) is 7.45. The van der Waals surface area contributed by atoms with Gasteiger partial charge in [0, 0.05) is 17.3 Å². The van der Waals surface area contributed by atoms with E-state index in [0.717, 1.165) is 21.7 Å². The highest BCUT2D eigenvalue weighted by Gasteiger charge is 2.15. The highest BCUT2D eigenvalue weighted by Crippen LogP contribution is 2.35. The lowest BCUT2D eigenvalue weighted by molar-refractivity contribution is 0.100. The maximum absolute atomic E-state index is 11.4. The van der Waals surface area contributed by atoms with Gasteiger partial charge < -0.3 is 5.73 Å². The van der Waals surface area contributed by atoms with Crippen LogP contribution in [-0.4, -0.2) is 10.9 Å². The fraction of sp³-hybridized carbons (Fsp3) is 0. The maximum Gasteiger partial charge on any atom is 0.250 e. The molecule has 2 aromatic heterocycles. The number of primary amides is 1. The van der Waals surface area contributed by atoms with Gasteiger partial charge in [-0.25, -0.2) is 0 Å². The van der Waals surface area contributed by atoms with Gasteiger partial charge in [-0.05, 0) is 18.2 Å². The van der Waals surface area contributed by atoms with Gasteiger partial charge in [0.15, 0.2) is 0 Å². The zero-order valence-corrected chi connectivity index (χ0v) is 12.5. The average molecular weight is 315 g/mol. The molecule has 0 radical (unpaired) electrons. The van der Waals surface area contributed by atoms with Crippen LogP contribution in [0.2, 0.25) is 4.34 Å². The highest BCUT2D eigenvalue weighted by molar-refractivity contribution is 7.19. The number of benzene rings is 1. The molecule has 21 heavy (non-hydrogen) atoms. The summed E-state index contributed by atoms with van der Waals surface area (Å²) in [5, 5.41) is 0. The average Bonchev–Trinajstić information content (AvgIpc) is 2.91. The van der Waals surface area contributed by atoms with Crippen LogP contribution in [0.4, 0.5) is 0 Å². The second-order valence-electron chi connectivity index (χ2n) is 4.46. The van der Waals surface area contributed by atoms with Crippen LogP contribution in [-0.2, 0) is 0 Å². The van der Waals surface area contributed by atoms with Gasteiger partial charge in [0.1, 0.15) is 0 Å². The molecule has 1 aromatic carbocycles. The topological polar surface area (TPSA) is 56.0 Å². The molecule has 2 N–H and O–H groups in total. The van der Waals surface area contributed by atoms with Crippen molar-refractivity contribution >= 4 is 28.8 Å². The van der Waals surface area contributed by atoms with Gasteiger partial charge in [-0.1, -0.05) is 41.9 Å². The smallest absolute Gasteiger partial charge is 0.250 e. The largest absolute Gasteiger partial charge is 0.366 e. The summed E-state index contributed by atoms with van der Waals surface area (Å²) in [5.41, 5.74) is 8.56. The zero-order chi connectivity index (χ0) is 14.8. The number of thiophene rings is 1. The first-order valence-electron chi connectivity index (χ1n) is 6.26. The molecule has 0 spiro atoms. The van der Waals surface area contributed by atoms with Gasteiger partial charge in [0.25, 0.3) is 0 Å². The first-order chi connectivity index (χ1) is 10.1. The Hall–Kier alpha value is -2.17. The summed E-state index contributed by atoms with van der Waals surface area (Å²) < 4.78 is 0.533. The summed E-state index contributed by atoms with van der Waals surface area (Å²) in [5.74, 6) is -0.486. The van der Waals surface area contributed by atoms with E-state index >= 15 is 0 Å². The summed E-state index contributed by atoms with van der Waals surface area (Å²) in [6, 6.07) is 15.3. The van der Waals surface area contributed by atoms with Crippen LogP contribution in [0.5, 0.6) is 0 Å². The molecule has 0 bridgehead atoms. The Morgan fingerprint density at radius 3 is 2.48 bits per heavy atom. The number of amides is 1. The van der Waals surface area contributed by atoms with Gasteiger partial charge >= 0.3 is 0 Å². The van der Waals surface area contributed by atoms with Gasteiger partial charge in [0.05, 0.1) is 20.5 Å². The molecule has 0 atom stereocenters. The number of pyridine rings is 1. The number of carbonyl (C=O) groups is 1. The Labute approximate surface area is 131 Å². The third-order valence-corrected chi connectivity index (χ3v) is 4.38. The van der Waals surface area contributed by atoms with Gasteiger partial charge in [0.2, 0.25) is 5.91 Å². The Bertz CT molecular complexity index is 782. The normalized spacial score (nSPS) is 10.5. The first kappa shape index (κ1) is 13.8. The van der Waals surface area contributed by atoms with E-state index in [1.807, 2.05) is 42.5 Å². The summed E-state index contributed by atoms with van der Waals surface area (Å²) in [6.45, 7) is 0. The van der Waals surface area contributed by atoms with Crippen LogP contribution >= 0.6 is 22.9 Å². The van der Waals surface area contributed by atoms with Crippen molar-refractivity contribution in [3.05, 3.63) is 64.6 Å². The lowest BCUT2D eigenvalue weighted by atomic mass is 10.1. The minimum atomic E-state index is -0.486. The van der Waals surface area contributed by atoms with Crippen LogP contribution in [0.15, 0.2) is 54.7 Å². The molecule has 3 rings (SSSR count). The van der Waals surface area contributed by atoms with Crippen LogP contribution in [0.1, 0.15) is 10.4 Å². The van der Waals surface area contributed by atoms with E-state index in [1.54, 1.807) is 12.3 Å². The van der Waals surface area contributed by atoms with E-state index in [2.05, 4.69) is 4.98 Å². The van der Waals surface area contributed by atoms with Gasteiger partial charge in [-0.15, -0.1) is 11.3 Å². The van der Waals surface area contributed by atoms with E-state index < -0.39 is 5.91 Å². The summed E-state index contributed by atoms with van der Waals surface area (Å²) >= 11 is 7.30. The summed E-state index contributed by atoms with van der Waals surface area (Å²) in [4.78, 5) is 16.6. The fourth-order valence-electron chi connectivity index (χ4n) is 2.07. The molecule has 2 heterocycles. The Kier molecular flexibility index (Phi) is 3.73. The van der Waals surface area contributed by atoms with Crippen molar-refractivity contribution in [2.75, 3.05) is 0 Å². The molecule has 5 heteroatoms. The molecule has 0 aliphatic carbocycles. The number of nitrogens with zero attached hydrogens (tertiary/aromatic N) is 1. The Morgan fingerprint density at radius 2 is 1.86 bits per heavy atom. The summed E-state index contributed by atoms with van der Waals surface area (Å²) in [7, 11) is 0. The number of aromatic nitrogens is 1. The minimum Gasteiger partial charge on any atom is -0.366 e. The second kappa shape index (κ2) is 5.68. The standard InChI is InChI=1S/C16H11ClN2OS/c17-14-8-12(16(18)20)15(21-14)11-6-7-13(19-9-11)10-4-2-1-3-5-10/h1-9H,(H2,18,20). The van der Waals surface area contributed by atoms with Crippen molar-refractivity contribution in [1.29, 1.82) is 0 Å². The molecule has 0 unspecified atom stereocenters. The number of hydrogen-bond donors (Lipinski definition) is 1. The number of rotatable bonds is 3. The van der Waals surface area contributed by atoms with Crippen molar-refractivity contribution in [1.82, 2.24) is 4.98 Å². The van der Waals surface area contributed by atoms with E-state index in [9.17, 15) is 4.79 Å². The van der Waals surface area contributed by atoms with Crippen molar-refractivity contribution in [3.63, 3.8) is 0 Å². The molecule has 0 aliphatic heterocycles. The van der Waals surface area contributed by atoms with Gasteiger partial charge in [-0.2, -0.15) is 0 Å². The zero-order valence-electron chi connectivity index (χ0n) is 10.9. The molecule has 3 aromatic rings. The highest BCUT2D eigenvalue weighted by atomic mass is 35.5. The third kappa shape index (κ3) is 2.82. The molecular formula is C16H11ClN2OS.